The summed E-state index contributed by atoms with van der Waals surface area (Å²) < 4.78 is 2.54. The summed E-state index contributed by atoms with van der Waals surface area (Å²) in [6.07, 6.45) is 2.53. The van der Waals surface area contributed by atoms with Gasteiger partial charge < -0.3 is 5.73 Å². The molecule has 0 saturated heterocycles. The topological polar surface area (TPSA) is 56.7 Å². The van der Waals surface area contributed by atoms with E-state index in [0.717, 1.165) is 17.3 Å². The third-order valence-electron chi connectivity index (χ3n) is 1.77. The molecule has 14 heavy (non-hydrogen) atoms. The lowest BCUT2D eigenvalue weighted by Crippen LogP contribution is -2.01. The molecule has 0 aliphatic heterocycles. The first-order valence-electron chi connectivity index (χ1n) is 4.13. The van der Waals surface area contributed by atoms with Gasteiger partial charge in [0.25, 0.3) is 0 Å². The number of nitrogens with two attached hydrogens (primary N) is 1. The summed E-state index contributed by atoms with van der Waals surface area (Å²) in [6, 6.07) is 3.92. The molecule has 2 aromatic rings. The van der Waals surface area contributed by atoms with E-state index in [1.807, 2.05) is 12.1 Å². The van der Waals surface area contributed by atoms with Crippen LogP contribution in [0.15, 0.2) is 18.5 Å². The molecule has 0 unspecified atom stereocenters. The van der Waals surface area contributed by atoms with Gasteiger partial charge in [-0.1, -0.05) is 11.6 Å². The second-order valence-corrected chi connectivity index (χ2v) is 4.62. The molecule has 0 aromatic carbocycles. The van der Waals surface area contributed by atoms with Crippen LogP contribution >= 0.6 is 22.9 Å². The van der Waals surface area contributed by atoms with Crippen LogP contribution < -0.4 is 5.73 Å². The van der Waals surface area contributed by atoms with Crippen LogP contribution in [-0.4, -0.2) is 14.8 Å². The monoisotopic (exact) mass is 228 g/mol. The highest BCUT2D eigenvalue weighted by atomic mass is 35.5. The van der Waals surface area contributed by atoms with E-state index in [-0.39, 0.29) is 0 Å². The first-order valence-corrected chi connectivity index (χ1v) is 5.32. The molecule has 6 heteroatoms. The number of halogens is 1. The Bertz CT molecular complexity index is 382. The highest BCUT2D eigenvalue weighted by Gasteiger charge is 2.00. The maximum atomic E-state index is 5.81. The van der Waals surface area contributed by atoms with Crippen molar-refractivity contribution in [2.75, 3.05) is 5.73 Å². The average Bonchev–Trinajstić information content (AvgIpc) is 2.72. The van der Waals surface area contributed by atoms with Gasteiger partial charge >= 0.3 is 0 Å². The molecule has 2 heterocycles. The van der Waals surface area contributed by atoms with E-state index in [4.69, 9.17) is 17.3 Å². The Morgan fingerprint density at radius 1 is 1.50 bits per heavy atom. The number of thiophene rings is 1. The molecule has 0 amide bonds. The van der Waals surface area contributed by atoms with Crippen molar-refractivity contribution in [1.82, 2.24) is 14.8 Å². The number of rotatable bonds is 3. The van der Waals surface area contributed by atoms with Crippen molar-refractivity contribution in [2.24, 2.45) is 0 Å². The van der Waals surface area contributed by atoms with Crippen molar-refractivity contribution in [1.29, 1.82) is 0 Å². The van der Waals surface area contributed by atoms with Crippen molar-refractivity contribution in [3.05, 3.63) is 27.7 Å². The summed E-state index contributed by atoms with van der Waals surface area (Å²) in [4.78, 5) is 5.08. The highest BCUT2D eigenvalue weighted by molar-refractivity contribution is 7.16. The van der Waals surface area contributed by atoms with Crippen LogP contribution in [0.5, 0.6) is 0 Å². The van der Waals surface area contributed by atoms with Crippen LogP contribution in [0.1, 0.15) is 4.88 Å². The molecular formula is C8H9ClN4S. The lowest BCUT2D eigenvalue weighted by molar-refractivity contribution is 0.619. The molecule has 0 radical (unpaired) electrons. The number of aromatic nitrogens is 3. The summed E-state index contributed by atoms with van der Waals surface area (Å²) in [5.74, 6) is 0.314. The lowest BCUT2D eigenvalue weighted by atomic mass is 10.3. The molecule has 0 saturated carbocycles. The Hall–Kier alpha value is -1.07. The molecule has 0 aliphatic carbocycles. The van der Waals surface area contributed by atoms with Gasteiger partial charge in [0.05, 0.1) is 4.34 Å². The number of hydrogen-bond donors (Lipinski definition) is 1. The number of aryl methyl sites for hydroxylation is 2. The van der Waals surface area contributed by atoms with Gasteiger partial charge in [-0.05, 0) is 12.1 Å². The quantitative estimate of drug-likeness (QED) is 0.872. The molecule has 0 aliphatic rings. The van der Waals surface area contributed by atoms with Crippen molar-refractivity contribution < 1.29 is 0 Å². The normalized spacial score (nSPS) is 10.6. The SMILES string of the molecule is Nc1ncn(CCc2ccc(Cl)s2)n1. The third-order valence-corrected chi connectivity index (χ3v) is 3.06. The fraction of sp³-hybridized carbons (Fsp3) is 0.250. The van der Waals surface area contributed by atoms with E-state index in [1.165, 1.54) is 4.88 Å². The van der Waals surface area contributed by atoms with Crippen molar-refractivity contribution in [3.8, 4) is 0 Å². The molecule has 0 spiro atoms. The Morgan fingerprint density at radius 2 is 2.36 bits per heavy atom. The predicted octanol–water partition coefficient (Wildman–Crippen LogP) is 1.82. The second kappa shape index (κ2) is 3.98. The summed E-state index contributed by atoms with van der Waals surface area (Å²) in [5, 5.41) is 3.99. The number of nitrogen functional groups attached to an aromatic ring is 1. The Balaban J connectivity index is 1.94. The molecule has 2 aromatic heterocycles. The molecule has 2 N–H and O–H groups in total. The number of anilines is 1. The van der Waals surface area contributed by atoms with Gasteiger partial charge in [0.1, 0.15) is 6.33 Å². The molecular weight excluding hydrogens is 220 g/mol. The first-order chi connectivity index (χ1) is 6.74. The first kappa shape index (κ1) is 9.48. The zero-order valence-electron chi connectivity index (χ0n) is 7.35. The van der Waals surface area contributed by atoms with Crippen LogP contribution in [0.2, 0.25) is 4.34 Å². The standard InChI is InChI=1S/C8H9ClN4S/c9-7-2-1-6(14-7)3-4-13-5-11-8(10)12-13/h1-2,5H,3-4H2,(H2,10,12). The fourth-order valence-electron chi connectivity index (χ4n) is 1.13. The number of nitrogens with zero attached hydrogens (tertiary/aromatic N) is 3. The van der Waals surface area contributed by atoms with E-state index >= 15 is 0 Å². The van der Waals surface area contributed by atoms with E-state index in [2.05, 4.69) is 10.1 Å². The van der Waals surface area contributed by atoms with E-state index in [0.29, 0.717) is 5.95 Å². The fourth-order valence-corrected chi connectivity index (χ4v) is 2.20. The zero-order valence-corrected chi connectivity index (χ0v) is 8.92. The molecule has 74 valence electrons. The molecule has 4 nitrogen and oxygen atoms in total. The number of hydrogen-bond acceptors (Lipinski definition) is 4. The predicted molar refractivity (Wildman–Crippen MR) is 57.5 cm³/mol. The third kappa shape index (κ3) is 2.24. The van der Waals surface area contributed by atoms with Gasteiger partial charge in [-0.2, -0.15) is 0 Å². The van der Waals surface area contributed by atoms with Crippen LogP contribution in [0.3, 0.4) is 0 Å². The minimum Gasteiger partial charge on any atom is -0.367 e. The Labute approximate surface area is 90.3 Å². The lowest BCUT2D eigenvalue weighted by Gasteiger charge is -1.96. The van der Waals surface area contributed by atoms with Crippen LogP contribution in [-0.2, 0) is 13.0 Å². The summed E-state index contributed by atoms with van der Waals surface area (Å²) in [6.45, 7) is 0.779. The summed E-state index contributed by atoms with van der Waals surface area (Å²) in [7, 11) is 0. The molecule has 0 bridgehead atoms. The Kier molecular flexibility index (Phi) is 2.69. The minimum absolute atomic E-state index is 0.314. The van der Waals surface area contributed by atoms with Crippen molar-refractivity contribution in [3.63, 3.8) is 0 Å². The smallest absolute Gasteiger partial charge is 0.239 e. The van der Waals surface area contributed by atoms with Gasteiger partial charge in [-0.15, -0.1) is 16.4 Å². The molecule has 2 rings (SSSR count). The Morgan fingerprint density at radius 3 is 2.93 bits per heavy atom. The summed E-state index contributed by atoms with van der Waals surface area (Å²) in [5.41, 5.74) is 5.39. The van der Waals surface area contributed by atoms with Gasteiger partial charge in [-0.25, -0.2) is 4.98 Å². The van der Waals surface area contributed by atoms with Gasteiger partial charge in [0.2, 0.25) is 5.95 Å². The minimum atomic E-state index is 0.314. The van der Waals surface area contributed by atoms with E-state index in [9.17, 15) is 0 Å². The largest absolute Gasteiger partial charge is 0.367 e. The average molecular weight is 229 g/mol. The highest BCUT2D eigenvalue weighted by Crippen LogP contribution is 2.21. The second-order valence-electron chi connectivity index (χ2n) is 2.82. The van der Waals surface area contributed by atoms with E-state index in [1.54, 1.807) is 22.3 Å². The molecule has 0 fully saturated rings. The van der Waals surface area contributed by atoms with Crippen LogP contribution in [0.4, 0.5) is 5.95 Å². The van der Waals surface area contributed by atoms with E-state index < -0.39 is 0 Å². The molecule has 0 atom stereocenters. The maximum absolute atomic E-state index is 5.81. The van der Waals surface area contributed by atoms with Gasteiger partial charge in [0.15, 0.2) is 0 Å². The van der Waals surface area contributed by atoms with Crippen LogP contribution in [0.25, 0.3) is 0 Å². The van der Waals surface area contributed by atoms with Gasteiger partial charge in [-0.3, -0.25) is 4.68 Å². The van der Waals surface area contributed by atoms with Crippen LogP contribution in [0, 0.1) is 0 Å². The maximum Gasteiger partial charge on any atom is 0.239 e. The van der Waals surface area contributed by atoms with Crippen molar-refractivity contribution in [2.45, 2.75) is 13.0 Å². The zero-order chi connectivity index (χ0) is 9.97. The van der Waals surface area contributed by atoms with Gasteiger partial charge in [0, 0.05) is 17.8 Å². The summed E-state index contributed by atoms with van der Waals surface area (Å²) >= 11 is 7.40. The van der Waals surface area contributed by atoms with Crippen molar-refractivity contribution >= 4 is 28.9 Å².